The van der Waals surface area contributed by atoms with E-state index in [2.05, 4.69) is 5.32 Å². The van der Waals surface area contributed by atoms with E-state index >= 15 is 0 Å². The minimum Gasteiger partial charge on any atom is -0.352 e. The van der Waals surface area contributed by atoms with Gasteiger partial charge in [0.05, 0.1) is 0 Å². The van der Waals surface area contributed by atoms with Crippen LogP contribution in [0.25, 0.3) is 0 Å². The first kappa shape index (κ1) is 16.9. The van der Waals surface area contributed by atoms with Crippen LogP contribution in [0.2, 0.25) is 0 Å². The molecule has 0 aliphatic carbocycles. The van der Waals surface area contributed by atoms with Crippen molar-refractivity contribution in [1.82, 2.24) is 14.8 Å². The van der Waals surface area contributed by atoms with Crippen LogP contribution < -0.4 is 10.9 Å². The van der Waals surface area contributed by atoms with Gasteiger partial charge >= 0.3 is 0 Å². The van der Waals surface area contributed by atoms with E-state index in [1.54, 1.807) is 12.3 Å². The second kappa shape index (κ2) is 6.88. The molecule has 130 valence electrons. The molecule has 2 amide bonds. The molecule has 0 bridgehead atoms. The number of piperazine rings is 1. The van der Waals surface area contributed by atoms with Gasteiger partial charge in [-0.2, -0.15) is 0 Å². The summed E-state index contributed by atoms with van der Waals surface area (Å²) in [6.07, 6.45) is 1.56. The quantitative estimate of drug-likeness (QED) is 0.914. The van der Waals surface area contributed by atoms with Crippen LogP contribution in [0.4, 0.5) is 4.39 Å². The zero-order valence-electron chi connectivity index (χ0n) is 13.7. The van der Waals surface area contributed by atoms with E-state index in [1.165, 1.54) is 39.8 Å². The van der Waals surface area contributed by atoms with Crippen LogP contribution in [0, 0.1) is 5.82 Å². The SMILES string of the molecule is CCn1ccc(C(=O)N2CCNC(=O)[C@@H]2c2ccc(F)cc2)cc1=O. The van der Waals surface area contributed by atoms with Crippen molar-refractivity contribution in [2.45, 2.75) is 19.5 Å². The molecule has 6 nitrogen and oxygen atoms in total. The second-order valence-corrected chi connectivity index (χ2v) is 5.78. The number of rotatable bonds is 3. The van der Waals surface area contributed by atoms with E-state index in [1.807, 2.05) is 6.92 Å². The summed E-state index contributed by atoms with van der Waals surface area (Å²) in [5.74, 6) is -1.14. The molecule has 0 spiro atoms. The average molecular weight is 343 g/mol. The number of nitrogens with one attached hydrogen (secondary N) is 1. The number of aryl methyl sites for hydroxylation is 1. The van der Waals surface area contributed by atoms with Crippen molar-refractivity contribution in [3.05, 3.63) is 69.9 Å². The van der Waals surface area contributed by atoms with Crippen LogP contribution in [0.15, 0.2) is 47.4 Å². The van der Waals surface area contributed by atoms with Crippen molar-refractivity contribution in [3.63, 3.8) is 0 Å². The third-order valence-corrected chi connectivity index (χ3v) is 4.24. The van der Waals surface area contributed by atoms with E-state index in [4.69, 9.17) is 0 Å². The molecule has 1 saturated heterocycles. The molecule has 3 rings (SSSR count). The second-order valence-electron chi connectivity index (χ2n) is 5.78. The lowest BCUT2D eigenvalue weighted by molar-refractivity contribution is -0.128. The lowest BCUT2D eigenvalue weighted by Crippen LogP contribution is -2.52. The van der Waals surface area contributed by atoms with Gasteiger partial charge in [0.1, 0.15) is 11.9 Å². The number of halogens is 1. The fraction of sp³-hybridized carbons (Fsp3) is 0.278. The van der Waals surface area contributed by atoms with Gasteiger partial charge in [0.2, 0.25) is 5.91 Å². The maximum Gasteiger partial charge on any atom is 0.255 e. The van der Waals surface area contributed by atoms with E-state index in [0.717, 1.165) is 0 Å². The van der Waals surface area contributed by atoms with E-state index in [-0.39, 0.29) is 17.0 Å². The Labute approximate surface area is 143 Å². The van der Waals surface area contributed by atoms with Crippen molar-refractivity contribution < 1.29 is 14.0 Å². The number of nitrogens with zero attached hydrogens (tertiary/aromatic N) is 2. The van der Waals surface area contributed by atoms with Gasteiger partial charge in [-0.15, -0.1) is 0 Å². The molecule has 0 radical (unpaired) electrons. The van der Waals surface area contributed by atoms with Crippen molar-refractivity contribution in [3.8, 4) is 0 Å². The van der Waals surface area contributed by atoms with Gasteiger partial charge in [-0.25, -0.2) is 4.39 Å². The van der Waals surface area contributed by atoms with Crippen molar-refractivity contribution in [2.24, 2.45) is 0 Å². The smallest absolute Gasteiger partial charge is 0.255 e. The van der Waals surface area contributed by atoms with Crippen LogP contribution in [0.3, 0.4) is 0 Å². The summed E-state index contributed by atoms with van der Waals surface area (Å²) in [5.41, 5.74) is 0.485. The first-order valence-corrected chi connectivity index (χ1v) is 8.06. The lowest BCUT2D eigenvalue weighted by Gasteiger charge is -2.35. The zero-order chi connectivity index (χ0) is 18.0. The number of hydrogen-bond donors (Lipinski definition) is 1. The van der Waals surface area contributed by atoms with Gasteiger partial charge < -0.3 is 14.8 Å². The molecule has 2 heterocycles. The molecule has 25 heavy (non-hydrogen) atoms. The highest BCUT2D eigenvalue weighted by atomic mass is 19.1. The Morgan fingerprint density at radius 1 is 1.24 bits per heavy atom. The molecule has 1 fully saturated rings. The number of benzene rings is 1. The first-order chi connectivity index (χ1) is 12.0. The first-order valence-electron chi connectivity index (χ1n) is 8.06. The standard InChI is InChI=1S/C18H18FN3O3/c1-2-21-9-7-13(11-15(21)23)18(25)22-10-8-20-17(24)16(22)12-3-5-14(19)6-4-12/h3-7,9,11,16H,2,8,10H2,1H3,(H,20,24)/t16-/m0/s1. The number of hydrogen-bond acceptors (Lipinski definition) is 3. The van der Waals surface area contributed by atoms with Gasteiger partial charge in [-0.3, -0.25) is 14.4 Å². The van der Waals surface area contributed by atoms with Crippen LogP contribution in [0.1, 0.15) is 28.9 Å². The number of carbonyl (C=O) groups is 2. The topological polar surface area (TPSA) is 71.4 Å². The van der Waals surface area contributed by atoms with Crippen molar-refractivity contribution in [2.75, 3.05) is 13.1 Å². The fourth-order valence-electron chi connectivity index (χ4n) is 2.93. The molecule has 1 aromatic heterocycles. The van der Waals surface area contributed by atoms with Crippen LogP contribution in [0.5, 0.6) is 0 Å². The maximum absolute atomic E-state index is 13.2. The van der Waals surface area contributed by atoms with Crippen LogP contribution in [-0.2, 0) is 11.3 Å². The van der Waals surface area contributed by atoms with Gasteiger partial charge in [-0.05, 0) is 30.7 Å². The Balaban J connectivity index is 1.96. The van der Waals surface area contributed by atoms with Crippen molar-refractivity contribution >= 4 is 11.8 Å². The highest BCUT2D eigenvalue weighted by Gasteiger charge is 2.34. The Hall–Kier alpha value is -2.96. The molecule has 1 aliphatic rings. The Bertz CT molecular complexity index is 861. The molecule has 2 aromatic rings. The summed E-state index contributed by atoms with van der Waals surface area (Å²) in [7, 11) is 0. The molecule has 0 saturated carbocycles. The van der Waals surface area contributed by atoms with E-state index < -0.39 is 17.8 Å². The molecular formula is C18H18FN3O3. The Kier molecular flexibility index (Phi) is 4.65. The molecule has 0 unspecified atom stereocenters. The number of aromatic nitrogens is 1. The minimum atomic E-state index is -0.851. The average Bonchev–Trinajstić information content (AvgIpc) is 2.62. The summed E-state index contributed by atoms with van der Waals surface area (Å²) in [5, 5.41) is 2.72. The van der Waals surface area contributed by atoms with Gasteiger partial charge in [0.25, 0.3) is 11.5 Å². The minimum absolute atomic E-state index is 0.233. The van der Waals surface area contributed by atoms with Gasteiger partial charge in [0, 0.05) is 37.5 Å². The molecule has 1 aromatic carbocycles. The summed E-state index contributed by atoms with van der Waals surface area (Å²) in [6, 6.07) is 7.47. The van der Waals surface area contributed by atoms with Gasteiger partial charge in [-0.1, -0.05) is 12.1 Å². The predicted octanol–water partition coefficient (Wildman–Crippen LogP) is 1.32. The van der Waals surface area contributed by atoms with E-state index in [9.17, 15) is 18.8 Å². The summed E-state index contributed by atoms with van der Waals surface area (Å²) in [4.78, 5) is 38.6. The molecule has 1 aliphatic heterocycles. The number of amides is 2. The largest absolute Gasteiger partial charge is 0.352 e. The van der Waals surface area contributed by atoms with E-state index in [0.29, 0.717) is 25.2 Å². The highest BCUT2D eigenvalue weighted by Crippen LogP contribution is 2.25. The fourth-order valence-corrected chi connectivity index (χ4v) is 2.93. The highest BCUT2D eigenvalue weighted by molar-refractivity contribution is 5.98. The summed E-state index contributed by atoms with van der Waals surface area (Å²) >= 11 is 0. The summed E-state index contributed by atoms with van der Waals surface area (Å²) < 4.78 is 14.7. The summed E-state index contributed by atoms with van der Waals surface area (Å²) in [6.45, 7) is 2.98. The number of carbonyl (C=O) groups excluding carboxylic acids is 2. The molecular weight excluding hydrogens is 325 g/mol. The lowest BCUT2D eigenvalue weighted by atomic mass is 10.0. The van der Waals surface area contributed by atoms with Crippen molar-refractivity contribution in [1.29, 1.82) is 0 Å². The maximum atomic E-state index is 13.2. The Morgan fingerprint density at radius 2 is 1.96 bits per heavy atom. The number of pyridine rings is 1. The molecule has 1 atom stereocenters. The normalized spacial score (nSPS) is 17.3. The Morgan fingerprint density at radius 3 is 2.60 bits per heavy atom. The third-order valence-electron chi connectivity index (χ3n) is 4.24. The molecule has 7 heteroatoms. The van der Waals surface area contributed by atoms with Crippen LogP contribution >= 0.6 is 0 Å². The third kappa shape index (κ3) is 3.31. The predicted molar refractivity (Wildman–Crippen MR) is 89.6 cm³/mol. The van der Waals surface area contributed by atoms with Crippen LogP contribution in [-0.4, -0.2) is 34.4 Å². The monoisotopic (exact) mass is 343 g/mol. The molecule has 1 N–H and O–H groups in total. The van der Waals surface area contributed by atoms with Gasteiger partial charge in [0.15, 0.2) is 0 Å². The zero-order valence-corrected chi connectivity index (χ0v) is 13.7.